The number of unbranched alkanes of at least 4 members (excludes halogenated alkanes) is 1. The summed E-state index contributed by atoms with van der Waals surface area (Å²) in [7, 11) is 0. The van der Waals surface area contributed by atoms with E-state index in [0.717, 1.165) is 6.42 Å². The van der Waals surface area contributed by atoms with Crippen LogP contribution >= 0.6 is 0 Å². The number of rotatable bonds is 5. The molecule has 1 aliphatic heterocycles. The van der Waals surface area contributed by atoms with Gasteiger partial charge in [-0.1, -0.05) is 0 Å². The number of hydrogen-bond acceptors (Lipinski definition) is 5. The van der Waals surface area contributed by atoms with E-state index in [0.29, 0.717) is 13.0 Å². The van der Waals surface area contributed by atoms with Gasteiger partial charge >= 0.3 is 0 Å². The van der Waals surface area contributed by atoms with E-state index < -0.39 is 18.3 Å². The van der Waals surface area contributed by atoms with E-state index in [4.69, 9.17) is 16.3 Å². The molecule has 16 heavy (non-hydrogen) atoms. The highest BCUT2D eigenvalue weighted by Crippen LogP contribution is 2.15. The third-order valence-electron chi connectivity index (χ3n) is 2.72. The van der Waals surface area contributed by atoms with Crippen LogP contribution in [-0.2, 0) is 4.74 Å². The number of terminal acetylenes is 1. The van der Waals surface area contributed by atoms with Crippen molar-refractivity contribution in [3.63, 3.8) is 0 Å². The Kier molecular flexibility index (Phi) is 5.74. The third kappa shape index (κ3) is 3.44. The number of ether oxygens (including phenoxy) is 1. The lowest BCUT2D eigenvalue weighted by Crippen LogP contribution is -2.59. The molecule has 1 rings (SSSR count). The summed E-state index contributed by atoms with van der Waals surface area (Å²) in [4.78, 5) is 0. The Bertz CT molecular complexity index is 241. The Morgan fingerprint density at radius 1 is 1.38 bits per heavy atom. The molecule has 0 spiro atoms. The average Bonchev–Trinajstić information content (AvgIpc) is 2.30. The quantitative estimate of drug-likeness (QED) is 0.340. The van der Waals surface area contributed by atoms with Crippen molar-refractivity contribution in [2.45, 2.75) is 37.2 Å². The second kappa shape index (κ2) is 6.84. The van der Waals surface area contributed by atoms with Gasteiger partial charge in [-0.15, -0.1) is 12.3 Å². The molecule has 4 N–H and O–H groups in total. The van der Waals surface area contributed by atoms with Gasteiger partial charge in [0.15, 0.2) is 0 Å². The minimum Gasteiger partial charge on any atom is -0.394 e. The predicted molar refractivity (Wildman–Crippen MR) is 58.7 cm³/mol. The molecular weight excluding hydrogens is 210 g/mol. The molecule has 5 nitrogen and oxygen atoms in total. The van der Waals surface area contributed by atoms with E-state index in [2.05, 4.69) is 11.2 Å². The van der Waals surface area contributed by atoms with Gasteiger partial charge in [-0.05, 0) is 13.0 Å². The second-order valence-corrected chi connectivity index (χ2v) is 3.90. The summed E-state index contributed by atoms with van der Waals surface area (Å²) in [6.07, 6.45) is 3.94. The fourth-order valence-corrected chi connectivity index (χ4v) is 1.70. The van der Waals surface area contributed by atoms with Crippen LogP contribution in [0.25, 0.3) is 0 Å². The van der Waals surface area contributed by atoms with Gasteiger partial charge in [-0.25, -0.2) is 0 Å². The van der Waals surface area contributed by atoms with Crippen molar-refractivity contribution in [2.24, 2.45) is 0 Å². The zero-order valence-electron chi connectivity index (χ0n) is 9.17. The minimum atomic E-state index is -1.05. The minimum absolute atomic E-state index is 0.277. The van der Waals surface area contributed by atoms with E-state index in [1.165, 1.54) is 0 Å². The topological polar surface area (TPSA) is 82.0 Å². The summed E-state index contributed by atoms with van der Waals surface area (Å²) in [5, 5.41) is 31.3. The molecule has 0 bridgehead atoms. The molecular formula is C11H19NO4. The fraction of sp³-hybridized carbons (Fsp3) is 0.818. The molecule has 1 heterocycles. The maximum Gasteiger partial charge on any atom is 0.110 e. The molecule has 0 aliphatic carbocycles. The second-order valence-electron chi connectivity index (χ2n) is 3.90. The van der Waals surface area contributed by atoms with Crippen LogP contribution in [0.3, 0.4) is 0 Å². The average molecular weight is 229 g/mol. The summed E-state index contributed by atoms with van der Waals surface area (Å²) in [6, 6.07) is -0.310. The Morgan fingerprint density at radius 2 is 2.12 bits per heavy atom. The summed E-state index contributed by atoms with van der Waals surface area (Å²) in [6.45, 7) is 0.660. The molecule has 4 atom stereocenters. The van der Waals surface area contributed by atoms with E-state index in [1.54, 1.807) is 0 Å². The Balaban J connectivity index is 2.31. The summed E-state index contributed by atoms with van der Waals surface area (Å²) in [5.74, 6) is 2.53. The van der Waals surface area contributed by atoms with Gasteiger partial charge in [0, 0.05) is 6.42 Å². The molecule has 0 unspecified atom stereocenters. The SMILES string of the molecule is C#CCCCN[C@H]1CO[C@H](CO)[C@H](O)[C@@H]1O. The highest BCUT2D eigenvalue weighted by Gasteiger charge is 2.37. The van der Waals surface area contributed by atoms with Crippen LogP contribution in [0.5, 0.6) is 0 Å². The smallest absolute Gasteiger partial charge is 0.110 e. The van der Waals surface area contributed by atoms with Crippen molar-refractivity contribution in [1.82, 2.24) is 5.32 Å². The number of aliphatic hydroxyl groups is 3. The molecule has 1 aliphatic rings. The first-order valence-corrected chi connectivity index (χ1v) is 5.46. The van der Waals surface area contributed by atoms with Crippen LogP contribution in [0.1, 0.15) is 12.8 Å². The van der Waals surface area contributed by atoms with E-state index in [1.807, 2.05) is 0 Å². The standard InChI is InChI=1S/C11H19NO4/c1-2-3-4-5-12-8-7-16-9(6-13)11(15)10(8)14/h1,8-15H,3-7H2/t8-,9+,10+,11-/m0/s1. The predicted octanol–water partition coefficient (Wildman–Crippen LogP) is -1.53. The van der Waals surface area contributed by atoms with Crippen LogP contribution < -0.4 is 5.32 Å². The van der Waals surface area contributed by atoms with Crippen molar-refractivity contribution >= 4 is 0 Å². The number of hydrogen-bond donors (Lipinski definition) is 4. The van der Waals surface area contributed by atoms with Gasteiger partial charge in [0.25, 0.3) is 0 Å². The highest BCUT2D eigenvalue weighted by molar-refractivity contribution is 4.91. The van der Waals surface area contributed by atoms with Crippen LogP contribution in [-0.4, -0.2) is 59.4 Å². The lowest BCUT2D eigenvalue weighted by Gasteiger charge is -2.37. The molecule has 92 valence electrons. The lowest BCUT2D eigenvalue weighted by atomic mass is 9.98. The molecule has 0 aromatic rings. The normalized spacial score (nSPS) is 34.6. The molecule has 0 amide bonds. The van der Waals surface area contributed by atoms with Gasteiger partial charge in [0.1, 0.15) is 18.3 Å². The monoisotopic (exact) mass is 229 g/mol. The summed E-state index contributed by atoms with van der Waals surface area (Å²) >= 11 is 0. The van der Waals surface area contributed by atoms with Crippen LogP contribution in [0.15, 0.2) is 0 Å². The zero-order chi connectivity index (χ0) is 12.0. The van der Waals surface area contributed by atoms with Crippen molar-refractivity contribution in [1.29, 1.82) is 0 Å². The third-order valence-corrected chi connectivity index (χ3v) is 2.72. The first-order valence-electron chi connectivity index (χ1n) is 5.46. The van der Waals surface area contributed by atoms with Gasteiger partial charge in [-0.2, -0.15) is 0 Å². The maximum absolute atomic E-state index is 9.75. The lowest BCUT2D eigenvalue weighted by molar-refractivity contribution is -0.161. The van der Waals surface area contributed by atoms with Gasteiger partial charge < -0.3 is 25.4 Å². The fourth-order valence-electron chi connectivity index (χ4n) is 1.70. The summed E-state index contributed by atoms with van der Waals surface area (Å²) < 4.78 is 5.22. The summed E-state index contributed by atoms with van der Waals surface area (Å²) in [5.41, 5.74) is 0. The van der Waals surface area contributed by atoms with Gasteiger partial charge in [-0.3, -0.25) is 0 Å². The van der Waals surface area contributed by atoms with Gasteiger partial charge in [0.05, 0.1) is 19.3 Å². The van der Waals surface area contributed by atoms with Crippen LogP contribution in [0.2, 0.25) is 0 Å². The molecule has 0 radical (unpaired) electrons. The van der Waals surface area contributed by atoms with Crippen LogP contribution in [0.4, 0.5) is 0 Å². The zero-order valence-corrected chi connectivity index (χ0v) is 9.17. The van der Waals surface area contributed by atoms with E-state index >= 15 is 0 Å². The number of aliphatic hydroxyl groups excluding tert-OH is 3. The molecule has 0 aromatic heterocycles. The Morgan fingerprint density at radius 3 is 2.75 bits per heavy atom. The van der Waals surface area contributed by atoms with Gasteiger partial charge in [0.2, 0.25) is 0 Å². The maximum atomic E-state index is 9.75. The van der Waals surface area contributed by atoms with E-state index in [-0.39, 0.29) is 19.3 Å². The first kappa shape index (κ1) is 13.4. The number of nitrogens with one attached hydrogen (secondary N) is 1. The molecule has 0 aromatic carbocycles. The van der Waals surface area contributed by atoms with Crippen molar-refractivity contribution in [3.05, 3.63) is 0 Å². The molecule has 0 saturated carbocycles. The van der Waals surface area contributed by atoms with Crippen LogP contribution in [0, 0.1) is 12.3 Å². The van der Waals surface area contributed by atoms with E-state index in [9.17, 15) is 10.2 Å². The van der Waals surface area contributed by atoms with Crippen molar-refractivity contribution < 1.29 is 20.1 Å². The Hall–Kier alpha value is -0.640. The molecule has 1 saturated heterocycles. The first-order chi connectivity index (χ1) is 7.70. The Labute approximate surface area is 95.4 Å². The van der Waals surface area contributed by atoms with Crippen molar-refractivity contribution in [3.8, 4) is 12.3 Å². The molecule has 5 heteroatoms. The largest absolute Gasteiger partial charge is 0.394 e. The highest BCUT2D eigenvalue weighted by atomic mass is 16.5. The molecule has 1 fully saturated rings. The van der Waals surface area contributed by atoms with Crippen molar-refractivity contribution in [2.75, 3.05) is 19.8 Å².